The molecule has 12 aromatic rings. The van der Waals surface area contributed by atoms with Crippen LogP contribution in [0.3, 0.4) is 0 Å². The molecule has 8 aromatic carbocycles. The monoisotopic (exact) mass is 747 g/mol. The third kappa shape index (κ3) is 5.04. The van der Waals surface area contributed by atoms with Crippen LogP contribution in [0.1, 0.15) is 0 Å². The van der Waals surface area contributed by atoms with E-state index in [1.807, 2.05) is 90.2 Å². The summed E-state index contributed by atoms with van der Waals surface area (Å²) < 4.78 is 16.1. The summed E-state index contributed by atoms with van der Waals surface area (Å²) in [4.78, 5) is 15.0. The second-order valence-corrected chi connectivity index (χ2v) is 15.4. The first kappa shape index (κ1) is 31.9. The molecule has 0 unspecified atom stereocenters. The van der Waals surface area contributed by atoms with E-state index < -0.39 is 0 Å². The molecule has 0 saturated carbocycles. The van der Waals surface area contributed by atoms with Gasteiger partial charge in [-0.3, -0.25) is 0 Å². The fourth-order valence-corrected chi connectivity index (χ4v) is 9.51. The van der Waals surface area contributed by atoms with Gasteiger partial charge < -0.3 is 8.83 Å². The summed E-state index contributed by atoms with van der Waals surface area (Å²) in [6, 6.07) is 60.8. The van der Waals surface area contributed by atoms with Gasteiger partial charge in [0, 0.05) is 58.4 Å². The third-order valence-corrected chi connectivity index (χ3v) is 12.1. The molecule has 0 spiro atoms. The number of benzene rings is 8. The van der Waals surface area contributed by atoms with Gasteiger partial charge in [0.25, 0.3) is 0 Å². The average molecular weight is 748 g/mol. The smallest absolute Gasteiger partial charge is 0.167 e. The second kappa shape index (κ2) is 12.6. The van der Waals surface area contributed by atoms with Gasteiger partial charge >= 0.3 is 0 Å². The molecular weight excluding hydrogens is 719 g/mol. The Hall–Kier alpha value is -7.41. The SMILES string of the molecule is c1ccc(-c2nc(-c3ccccc3)nc(-c3cccc4c3oc3cccc(-c5cc(-c6cccc7sc8ccccc8c67)c6oc7ccccc7c6c5)c34)n2)cc1. The summed E-state index contributed by atoms with van der Waals surface area (Å²) in [6.45, 7) is 0. The maximum atomic E-state index is 6.83. The Morgan fingerprint density at radius 3 is 1.70 bits per heavy atom. The highest BCUT2D eigenvalue weighted by Crippen LogP contribution is 2.47. The Morgan fingerprint density at radius 1 is 0.333 bits per heavy atom. The molecule has 0 radical (unpaired) electrons. The van der Waals surface area contributed by atoms with Crippen LogP contribution in [0.5, 0.6) is 0 Å². The fourth-order valence-electron chi connectivity index (χ4n) is 8.38. The van der Waals surface area contributed by atoms with E-state index in [1.54, 1.807) is 0 Å². The molecule has 12 rings (SSSR count). The molecule has 0 fully saturated rings. The summed E-state index contributed by atoms with van der Waals surface area (Å²) in [5.74, 6) is 1.77. The summed E-state index contributed by atoms with van der Waals surface area (Å²) in [5, 5.41) is 6.69. The van der Waals surface area contributed by atoms with Crippen molar-refractivity contribution in [2.75, 3.05) is 0 Å². The van der Waals surface area contributed by atoms with Crippen LogP contribution in [0, 0.1) is 0 Å². The zero-order valence-corrected chi connectivity index (χ0v) is 31.1. The number of fused-ring (bicyclic) bond motifs is 9. The van der Waals surface area contributed by atoms with E-state index in [0.29, 0.717) is 17.5 Å². The maximum Gasteiger partial charge on any atom is 0.167 e. The van der Waals surface area contributed by atoms with E-state index in [2.05, 4.69) is 97.1 Å². The van der Waals surface area contributed by atoms with Crippen molar-refractivity contribution in [3.63, 3.8) is 0 Å². The zero-order valence-electron chi connectivity index (χ0n) is 30.3. The van der Waals surface area contributed by atoms with Gasteiger partial charge in [0.2, 0.25) is 0 Å². The van der Waals surface area contributed by atoms with Crippen molar-refractivity contribution in [3.05, 3.63) is 176 Å². The van der Waals surface area contributed by atoms with Crippen molar-refractivity contribution in [1.29, 1.82) is 0 Å². The molecule has 5 nitrogen and oxygen atoms in total. The van der Waals surface area contributed by atoms with E-state index in [9.17, 15) is 0 Å². The van der Waals surface area contributed by atoms with Gasteiger partial charge in [-0.15, -0.1) is 11.3 Å². The van der Waals surface area contributed by atoms with Crippen molar-refractivity contribution >= 4 is 75.4 Å². The number of furan rings is 2. The molecule has 0 aliphatic rings. The predicted molar refractivity (Wildman–Crippen MR) is 234 cm³/mol. The van der Waals surface area contributed by atoms with Crippen LogP contribution in [0.2, 0.25) is 0 Å². The molecule has 57 heavy (non-hydrogen) atoms. The molecule has 0 aliphatic carbocycles. The standard InChI is InChI=1S/C51H29N3O2S/c1-3-14-30(15-4-1)49-52-50(31-16-5-2-6-17-31)54-51(53-49)38-23-11-22-37-45-33(20-12-25-42(45)56-47(37)38)32-28-39-34-18-7-9-24-41(34)55-48(39)40(29-32)35-21-13-27-44-46(35)36-19-8-10-26-43(36)57-44/h1-29H. The van der Waals surface area contributed by atoms with E-state index in [-0.39, 0.29) is 0 Å². The molecule has 0 bridgehead atoms. The Labute approximate surface area is 330 Å². The number of nitrogens with zero attached hydrogens (tertiary/aromatic N) is 3. The fraction of sp³-hybridized carbons (Fsp3) is 0. The van der Waals surface area contributed by atoms with E-state index >= 15 is 0 Å². The van der Waals surface area contributed by atoms with Crippen molar-refractivity contribution in [3.8, 4) is 56.4 Å². The van der Waals surface area contributed by atoms with Crippen LogP contribution >= 0.6 is 11.3 Å². The van der Waals surface area contributed by atoms with Crippen LogP contribution in [0.15, 0.2) is 185 Å². The number of aromatic nitrogens is 3. The number of thiophene rings is 1. The summed E-state index contributed by atoms with van der Waals surface area (Å²) in [6.07, 6.45) is 0. The molecule has 266 valence electrons. The molecule has 0 N–H and O–H groups in total. The number of para-hydroxylation sites is 2. The number of rotatable bonds is 5. The molecular formula is C51H29N3O2S. The summed E-state index contributed by atoms with van der Waals surface area (Å²) in [5.41, 5.74) is 10.3. The zero-order chi connectivity index (χ0) is 37.5. The Balaban J connectivity index is 1.11. The third-order valence-electron chi connectivity index (χ3n) is 10.9. The molecule has 6 heteroatoms. The molecule has 0 atom stereocenters. The van der Waals surface area contributed by atoms with Crippen molar-refractivity contribution in [1.82, 2.24) is 15.0 Å². The highest BCUT2D eigenvalue weighted by atomic mass is 32.1. The van der Waals surface area contributed by atoms with E-state index in [1.165, 1.54) is 20.2 Å². The molecule has 0 aliphatic heterocycles. The van der Waals surface area contributed by atoms with Crippen molar-refractivity contribution < 1.29 is 8.83 Å². The van der Waals surface area contributed by atoms with Crippen LogP contribution in [0.4, 0.5) is 0 Å². The highest BCUT2D eigenvalue weighted by molar-refractivity contribution is 7.25. The second-order valence-electron chi connectivity index (χ2n) is 14.3. The van der Waals surface area contributed by atoms with Gasteiger partial charge in [-0.2, -0.15) is 0 Å². The lowest BCUT2D eigenvalue weighted by Crippen LogP contribution is -2.00. The van der Waals surface area contributed by atoms with Gasteiger partial charge in [-0.25, -0.2) is 15.0 Å². The van der Waals surface area contributed by atoms with Crippen molar-refractivity contribution in [2.24, 2.45) is 0 Å². The average Bonchev–Trinajstić information content (AvgIpc) is 3.98. The van der Waals surface area contributed by atoms with Crippen LogP contribution in [-0.4, -0.2) is 15.0 Å². The Kier molecular flexibility index (Phi) is 7.03. The minimum atomic E-state index is 0.554. The first-order chi connectivity index (χ1) is 28.2. The van der Waals surface area contributed by atoms with E-state index in [0.717, 1.165) is 82.8 Å². The highest BCUT2D eigenvalue weighted by Gasteiger charge is 2.22. The predicted octanol–water partition coefficient (Wildman–Crippen LogP) is 14.4. The van der Waals surface area contributed by atoms with Gasteiger partial charge in [-0.05, 0) is 59.2 Å². The lowest BCUT2D eigenvalue weighted by Gasteiger charge is -2.11. The molecule has 0 saturated heterocycles. The minimum absolute atomic E-state index is 0.554. The number of hydrogen-bond donors (Lipinski definition) is 0. The minimum Gasteiger partial charge on any atom is -0.455 e. The van der Waals surface area contributed by atoms with Crippen LogP contribution in [0.25, 0.3) is 120 Å². The molecule has 0 amide bonds. The largest absolute Gasteiger partial charge is 0.455 e. The summed E-state index contributed by atoms with van der Waals surface area (Å²) in [7, 11) is 0. The lowest BCUT2D eigenvalue weighted by molar-refractivity contribution is 0.669. The van der Waals surface area contributed by atoms with Gasteiger partial charge in [0.1, 0.15) is 22.3 Å². The van der Waals surface area contributed by atoms with Gasteiger partial charge in [0.05, 0.1) is 5.56 Å². The quantitative estimate of drug-likeness (QED) is 0.175. The summed E-state index contributed by atoms with van der Waals surface area (Å²) >= 11 is 1.83. The van der Waals surface area contributed by atoms with Crippen LogP contribution in [-0.2, 0) is 0 Å². The van der Waals surface area contributed by atoms with Crippen molar-refractivity contribution in [2.45, 2.75) is 0 Å². The number of hydrogen-bond acceptors (Lipinski definition) is 6. The first-order valence-corrected chi connectivity index (χ1v) is 19.7. The maximum absolute atomic E-state index is 6.83. The molecule has 4 heterocycles. The van der Waals surface area contributed by atoms with Gasteiger partial charge in [0.15, 0.2) is 17.5 Å². The van der Waals surface area contributed by atoms with Gasteiger partial charge in [-0.1, -0.05) is 133 Å². The Bertz CT molecular complexity index is 3470. The Morgan fingerprint density at radius 2 is 0.895 bits per heavy atom. The topological polar surface area (TPSA) is 65.0 Å². The normalized spacial score (nSPS) is 11.9. The first-order valence-electron chi connectivity index (χ1n) is 18.9. The van der Waals surface area contributed by atoms with E-state index in [4.69, 9.17) is 23.8 Å². The van der Waals surface area contributed by atoms with Crippen LogP contribution < -0.4 is 0 Å². The molecule has 4 aromatic heterocycles. The lowest BCUT2D eigenvalue weighted by atomic mass is 9.92.